The summed E-state index contributed by atoms with van der Waals surface area (Å²) in [4.78, 5) is 0. The smallest absolute Gasteiger partial charge is 0.279 e. The molecule has 0 amide bonds. The van der Waals surface area contributed by atoms with E-state index >= 15 is 0 Å². The highest BCUT2D eigenvalue weighted by Gasteiger charge is 1.86. The Morgan fingerprint density at radius 1 is 1.75 bits per heavy atom. The summed E-state index contributed by atoms with van der Waals surface area (Å²) in [6.07, 6.45) is 2.04. The molecule has 8 heavy (non-hydrogen) atoms. The molecule has 0 aromatic carbocycles. The number of hydrogen-bond acceptors (Lipinski definition) is 2. The zero-order valence-corrected chi connectivity index (χ0v) is 5.66. The molecule has 0 aliphatic rings. The monoisotopic (exact) mass is 135 g/mol. The van der Waals surface area contributed by atoms with Crippen molar-refractivity contribution < 1.29 is 4.74 Å². The molecule has 0 aromatic heterocycles. The van der Waals surface area contributed by atoms with Gasteiger partial charge in [0.25, 0.3) is 5.36 Å². The molecule has 2 nitrogen and oxygen atoms in total. The third-order valence-corrected chi connectivity index (χ3v) is 0.836. The standard InChI is InChI=1S/C5H10ClNO/c1-2-3-4-8-5(6)7/h7H,2-4H2,1H3. The van der Waals surface area contributed by atoms with Crippen molar-refractivity contribution in [1.29, 1.82) is 5.41 Å². The van der Waals surface area contributed by atoms with Gasteiger partial charge in [0.05, 0.1) is 6.61 Å². The van der Waals surface area contributed by atoms with Gasteiger partial charge in [0, 0.05) is 0 Å². The van der Waals surface area contributed by atoms with Crippen LogP contribution in [0.1, 0.15) is 19.8 Å². The summed E-state index contributed by atoms with van der Waals surface area (Å²) >= 11 is 5.07. The Hall–Kier alpha value is -0.240. The summed E-state index contributed by atoms with van der Waals surface area (Å²) in [6, 6.07) is 0. The van der Waals surface area contributed by atoms with Gasteiger partial charge < -0.3 is 4.74 Å². The lowest BCUT2D eigenvalue weighted by Gasteiger charge is -1.97. The maximum atomic E-state index is 6.62. The minimum Gasteiger partial charge on any atom is -0.469 e. The number of nitrogens with one attached hydrogen (secondary N) is 1. The second-order valence-electron chi connectivity index (χ2n) is 1.48. The second-order valence-corrected chi connectivity index (χ2v) is 1.82. The Morgan fingerprint density at radius 2 is 2.38 bits per heavy atom. The van der Waals surface area contributed by atoms with Gasteiger partial charge in [-0.1, -0.05) is 13.3 Å². The molecule has 0 saturated carbocycles. The second kappa shape index (κ2) is 4.91. The molecule has 0 radical (unpaired) electrons. The van der Waals surface area contributed by atoms with Crippen LogP contribution in [0.15, 0.2) is 0 Å². The Morgan fingerprint density at radius 3 is 2.75 bits per heavy atom. The summed E-state index contributed by atoms with van der Waals surface area (Å²) < 4.78 is 4.63. The van der Waals surface area contributed by atoms with Crippen molar-refractivity contribution in [2.45, 2.75) is 19.8 Å². The molecular weight excluding hydrogens is 126 g/mol. The maximum absolute atomic E-state index is 6.62. The van der Waals surface area contributed by atoms with E-state index in [-0.39, 0.29) is 5.36 Å². The van der Waals surface area contributed by atoms with Crippen molar-refractivity contribution in [2.75, 3.05) is 6.61 Å². The highest BCUT2D eigenvalue weighted by atomic mass is 35.5. The molecule has 0 fully saturated rings. The van der Waals surface area contributed by atoms with E-state index in [4.69, 9.17) is 17.0 Å². The molecular formula is C5H10ClNO. The first-order chi connectivity index (χ1) is 3.77. The number of ether oxygens (including phenoxy) is 1. The van der Waals surface area contributed by atoms with Gasteiger partial charge in [-0.15, -0.1) is 0 Å². The predicted molar refractivity (Wildman–Crippen MR) is 34.4 cm³/mol. The van der Waals surface area contributed by atoms with Gasteiger partial charge >= 0.3 is 0 Å². The summed E-state index contributed by atoms with van der Waals surface area (Å²) in [6.45, 7) is 2.63. The molecule has 0 bridgehead atoms. The predicted octanol–water partition coefficient (Wildman–Crippen LogP) is 1.98. The van der Waals surface area contributed by atoms with Crippen molar-refractivity contribution in [3.8, 4) is 0 Å². The van der Waals surface area contributed by atoms with Crippen LogP contribution < -0.4 is 0 Å². The average molecular weight is 136 g/mol. The van der Waals surface area contributed by atoms with Gasteiger partial charge in [-0.3, -0.25) is 5.41 Å². The first kappa shape index (κ1) is 7.76. The van der Waals surface area contributed by atoms with Crippen LogP contribution in [0.5, 0.6) is 0 Å². The topological polar surface area (TPSA) is 33.1 Å². The fraction of sp³-hybridized carbons (Fsp3) is 0.800. The molecule has 0 rings (SSSR count). The Kier molecular flexibility index (Phi) is 4.76. The first-order valence-corrected chi connectivity index (χ1v) is 3.02. The molecule has 3 heteroatoms. The summed E-state index contributed by atoms with van der Waals surface area (Å²) in [5.41, 5.74) is 0. The highest BCUT2D eigenvalue weighted by Crippen LogP contribution is 1.90. The SMILES string of the molecule is CCCCOC(=N)Cl. The molecule has 0 aliphatic heterocycles. The number of hydrogen-bond donors (Lipinski definition) is 1. The van der Waals surface area contributed by atoms with Gasteiger partial charge in [-0.2, -0.15) is 0 Å². The molecule has 48 valence electrons. The molecule has 0 aromatic rings. The largest absolute Gasteiger partial charge is 0.469 e. The summed E-state index contributed by atoms with van der Waals surface area (Å²) in [7, 11) is 0. The van der Waals surface area contributed by atoms with Gasteiger partial charge in [-0.25, -0.2) is 0 Å². The summed E-state index contributed by atoms with van der Waals surface area (Å²) in [5.74, 6) is 0. The first-order valence-electron chi connectivity index (χ1n) is 2.64. The van der Waals surface area contributed by atoms with E-state index in [9.17, 15) is 0 Å². The van der Waals surface area contributed by atoms with E-state index in [0.717, 1.165) is 12.8 Å². The van der Waals surface area contributed by atoms with E-state index in [0.29, 0.717) is 6.61 Å². The van der Waals surface area contributed by atoms with E-state index < -0.39 is 0 Å². The van der Waals surface area contributed by atoms with Gasteiger partial charge in [0.2, 0.25) is 0 Å². The molecule has 0 atom stereocenters. The van der Waals surface area contributed by atoms with Crippen LogP contribution in [-0.2, 0) is 4.74 Å². The van der Waals surface area contributed by atoms with Crippen LogP contribution in [0.4, 0.5) is 0 Å². The lowest BCUT2D eigenvalue weighted by Crippen LogP contribution is -1.95. The van der Waals surface area contributed by atoms with Crippen molar-refractivity contribution in [2.24, 2.45) is 0 Å². The third kappa shape index (κ3) is 5.76. The minimum atomic E-state index is -0.210. The van der Waals surface area contributed by atoms with Crippen molar-refractivity contribution in [3.63, 3.8) is 0 Å². The van der Waals surface area contributed by atoms with Gasteiger partial charge in [-0.05, 0) is 18.0 Å². The van der Waals surface area contributed by atoms with E-state index in [1.165, 1.54) is 0 Å². The van der Waals surface area contributed by atoms with Crippen molar-refractivity contribution in [3.05, 3.63) is 0 Å². The number of unbranched alkanes of at least 4 members (excludes halogenated alkanes) is 1. The van der Waals surface area contributed by atoms with Gasteiger partial charge in [0.15, 0.2) is 0 Å². The van der Waals surface area contributed by atoms with Crippen LogP contribution in [0.3, 0.4) is 0 Å². The van der Waals surface area contributed by atoms with E-state index in [1.54, 1.807) is 0 Å². The third-order valence-electron chi connectivity index (χ3n) is 0.727. The zero-order valence-electron chi connectivity index (χ0n) is 4.91. The Balaban J connectivity index is 2.82. The van der Waals surface area contributed by atoms with Crippen LogP contribution in [0.25, 0.3) is 0 Å². The lowest BCUT2D eigenvalue weighted by molar-refractivity contribution is 0.302. The molecule has 0 unspecified atom stereocenters. The van der Waals surface area contributed by atoms with E-state index in [2.05, 4.69) is 11.7 Å². The average Bonchev–Trinajstić information content (AvgIpc) is 1.66. The van der Waals surface area contributed by atoms with Gasteiger partial charge in [0.1, 0.15) is 0 Å². The fourth-order valence-electron chi connectivity index (χ4n) is 0.306. The fourth-order valence-corrected chi connectivity index (χ4v) is 0.383. The quantitative estimate of drug-likeness (QED) is 0.358. The molecule has 0 saturated heterocycles. The number of halogens is 1. The van der Waals surface area contributed by atoms with Crippen LogP contribution >= 0.6 is 11.6 Å². The maximum Gasteiger partial charge on any atom is 0.279 e. The van der Waals surface area contributed by atoms with Crippen molar-refractivity contribution in [1.82, 2.24) is 0 Å². The van der Waals surface area contributed by atoms with Crippen molar-refractivity contribution >= 4 is 17.0 Å². The highest BCUT2D eigenvalue weighted by molar-refractivity contribution is 6.61. The molecule has 0 aliphatic carbocycles. The zero-order chi connectivity index (χ0) is 6.41. The molecule has 0 spiro atoms. The minimum absolute atomic E-state index is 0.210. The Labute approximate surface area is 54.3 Å². The molecule has 0 heterocycles. The van der Waals surface area contributed by atoms with Crippen LogP contribution in [0.2, 0.25) is 0 Å². The Bertz CT molecular complexity index is 74.8. The van der Waals surface area contributed by atoms with Crippen LogP contribution in [-0.4, -0.2) is 12.0 Å². The molecule has 1 N–H and O–H groups in total. The normalized spacial score (nSPS) is 8.75. The van der Waals surface area contributed by atoms with Crippen LogP contribution in [0, 0.1) is 5.41 Å². The van der Waals surface area contributed by atoms with E-state index in [1.807, 2.05) is 0 Å². The lowest BCUT2D eigenvalue weighted by atomic mass is 10.4. The number of rotatable bonds is 3. The summed E-state index contributed by atoms with van der Waals surface area (Å²) in [5, 5.41) is 6.41.